The van der Waals surface area contributed by atoms with E-state index in [9.17, 15) is 27.6 Å². The van der Waals surface area contributed by atoms with Crippen LogP contribution in [0, 0.1) is 0 Å². The molecule has 0 fully saturated rings. The zero-order valence-corrected chi connectivity index (χ0v) is 17.2. The van der Waals surface area contributed by atoms with Crippen LogP contribution in [0.25, 0.3) is 0 Å². The van der Waals surface area contributed by atoms with Gasteiger partial charge in [-0.2, -0.15) is 18.3 Å². The number of ether oxygens (including phenoxy) is 1. The Morgan fingerprint density at radius 3 is 2.47 bits per heavy atom. The number of nitrogens with zero attached hydrogens (tertiary/aromatic N) is 1. The highest BCUT2D eigenvalue weighted by molar-refractivity contribution is 6.35. The maximum atomic E-state index is 13.0. The van der Waals surface area contributed by atoms with E-state index in [-0.39, 0.29) is 17.5 Å². The number of anilines is 1. The Morgan fingerprint density at radius 2 is 1.78 bits per heavy atom. The summed E-state index contributed by atoms with van der Waals surface area (Å²) in [6.07, 6.45) is -3.35. The van der Waals surface area contributed by atoms with Gasteiger partial charge in [0.1, 0.15) is 5.75 Å². The lowest BCUT2D eigenvalue weighted by Gasteiger charge is -2.13. The number of hydrogen-bond acceptors (Lipinski definition) is 5. The number of para-hydroxylation sites is 1. The van der Waals surface area contributed by atoms with Gasteiger partial charge in [0.15, 0.2) is 6.61 Å². The third kappa shape index (κ3) is 7.74. The van der Waals surface area contributed by atoms with Crippen molar-refractivity contribution in [2.24, 2.45) is 5.10 Å². The van der Waals surface area contributed by atoms with E-state index >= 15 is 0 Å². The van der Waals surface area contributed by atoms with Crippen LogP contribution in [0.3, 0.4) is 0 Å². The number of alkyl halides is 3. The van der Waals surface area contributed by atoms with Crippen molar-refractivity contribution in [2.45, 2.75) is 26.1 Å². The Hall–Kier alpha value is -3.89. The minimum Gasteiger partial charge on any atom is -0.484 e. The van der Waals surface area contributed by atoms with Gasteiger partial charge in [-0.15, -0.1) is 0 Å². The molecule has 2 aromatic carbocycles. The lowest BCUT2D eigenvalue weighted by Crippen LogP contribution is -2.41. The molecule has 0 heterocycles. The second kappa shape index (κ2) is 10.9. The largest absolute Gasteiger partial charge is 0.484 e. The first-order valence-electron chi connectivity index (χ1n) is 9.39. The van der Waals surface area contributed by atoms with E-state index in [1.54, 1.807) is 26.0 Å². The van der Waals surface area contributed by atoms with Crippen LogP contribution in [0.1, 0.15) is 25.0 Å². The van der Waals surface area contributed by atoms with Crippen molar-refractivity contribution in [2.75, 3.05) is 11.9 Å². The minimum atomic E-state index is -4.61. The number of benzene rings is 2. The highest BCUT2D eigenvalue weighted by Crippen LogP contribution is 2.34. The third-order valence-electron chi connectivity index (χ3n) is 3.74. The van der Waals surface area contributed by atoms with E-state index < -0.39 is 36.1 Å². The topological polar surface area (TPSA) is 109 Å². The molecule has 0 spiro atoms. The molecule has 0 aromatic heterocycles. The smallest absolute Gasteiger partial charge is 0.418 e. The van der Waals surface area contributed by atoms with E-state index in [1.165, 1.54) is 30.5 Å². The highest BCUT2D eigenvalue weighted by Gasteiger charge is 2.33. The van der Waals surface area contributed by atoms with Gasteiger partial charge in [0.2, 0.25) is 0 Å². The van der Waals surface area contributed by atoms with Crippen LogP contribution in [0.2, 0.25) is 0 Å². The average Bonchev–Trinajstić information content (AvgIpc) is 2.71. The molecule has 0 aliphatic rings. The van der Waals surface area contributed by atoms with Crippen LogP contribution in [0.15, 0.2) is 53.6 Å². The van der Waals surface area contributed by atoms with Crippen molar-refractivity contribution in [3.05, 3.63) is 59.7 Å². The van der Waals surface area contributed by atoms with Crippen LogP contribution in [0.5, 0.6) is 5.75 Å². The zero-order valence-electron chi connectivity index (χ0n) is 17.2. The Balaban J connectivity index is 1.91. The molecule has 11 heteroatoms. The monoisotopic (exact) mass is 450 g/mol. The fraction of sp³-hybridized carbons (Fsp3) is 0.238. The van der Waals surface area contributed by atoms with E-state index in [2.05, 4.69) is 21.2 Å². The summed E-state index contributed by atoms with van der Waals surface area (Å²) >= 11 is 0. The van der Waals surface area contributed by atoms with Gasteiger partial charge in [-0.1, -0.05) is 24.3 Å². The second-order valence-corrected chi connectivity index (χ2v) is 6.78. The van der Waals surface area contributed by atoms with E-state index in [1.807, 2.05) is 0 Å². The maximum Gasteiger partial charge on any atom is 0.418 e. The lowest BCUT2D eigenvalue weighted by atomic mass is 10.1. The molecular weight excluding hydrogens is 429 g/mol. The number of hydrazone groups is 1. The van der Waals surface area contributed by atoms with Gasteiger partial charge in [0.05, 0.1) is 17.5 Å². The van der Waals surface area contributed by atoms with Crippen LogP contribution >= 0.6 is 0 Å². The van der Waals surface area contributed by atoms with Gasteiger partial charge in [0.25, 0.3) is 5.91 Å². The molecule has 0 aliphatic heterocycles. The molecule has 0 unspecified atom stereocenters. The first kappa shape index (κ1) is 24.4. The summed E-state index contributed by atoms with van der Waals surface area (Å²) in [4.78, 5) is 35.1. The molecule has 32 heavy (non-hydrogen) atoms. The first-order valence-corrected chi connectivity index (χ1v) is 9.39. The van der Waals surface area contributed by atoms with Crippen molar-refractivity contribution in [3.63, 3.8) is 0 Å². The number of carbonyl (C=O) groups is 3. The molecule has 0 radical (unpaired) electrons. The Morgan fingerprint density at radius 1 is 1.06 bits per heavy atom. The summed E-state index contributed by atoms with van der Waals surface area (Å²) in [5.41, 5.74) is 1.22. The summed E-state index contributed by atoms with van der Waals surface area (Å²) < 4.78 is 44.3. The molecule has 3 N–H and O–H groups in total. The molecule has 0 bridgehead atoms. The quantitative estimate of drug-likeness (QED) is 0.342. The van der Waals surface area contributed by atoms with Gasteiger partial charge in [-0.05, 0) is 43.7 Å². The molecule has 0 saturated heterocycles. The zero-order chi connectivity index (χ0) is 23.7. The number of carbonyl (C=O) groups excluding carboxylic acids is 3. The van der Waals surface area contributed by atoms with Crippen molar-refractivity contribution in [1.29, 1.82) is 0 Å². The van der Waals surface area contributed by atoms with Gasteiger partial charge in [0, 0.05) is 6.04 Å². The molecule has 0 atom stereocenters. The molecule has 8 nitrogen and oxygen atoms in total. The fourth-order valence-corrected chi connectivity index (χ4v) is 2.40. The van der Waals surface area contributed by atoms with Crippen molar-refractivity contribution >= 4 is 29.6 Å². The van der Waals surface area contributed by atoms with E-state index in [0.29, 0.717) is 5.56 Å². The second-order valence-electron chi connectivity index (χ2n) is 6.78. The SMILES string of the molecule is CC(C)NC(=O)C(=O)N/N=C\c1cccc(OCC(=O)Nc2ccccc2C(F)(F)F)c1. The highest BCUT2D eigenvalue weighted by atomic mass is 19.4. The summed E-state index contributed by atoms with van der Waals surface area (Å²) in [7, 11) is 0. The first-order chi connectivity index (χ1) is 15.1. The summed E-state index contributed by atoms with van der Waals surface area (Å²) in [6, 6.07) is 10.6. The Kier molecular flexibility index (Phi) is 8.33. The van der Waals surface area contributed by atoms with Gasteiger partial charge < -0.3 is 15.4 Å². The van der Waals surface area contributed by atoms with Crippen molar-refractivity contribution in [1.82, 2.24) is 10.7 Å². The van der Waals surface area contributed by atoms with Crippen LogP contribution in [0.4, 0.5) is 18.9 Å². The summed E-state index contributed by atoms with van der Waals surface area (Å²) in [5.74, 6) is -2.29. The predicted octanol–water partition coefficient (Wildman–Crippen LogP) is 2.70. The van der Waals surface area contributed by atoms with Crippen LogP contribution in [-0.4, -0.2) is 36.6 Å². The molecule has 2 rings (SSSR count). The standard InChI is InChI=1S/C21H21F3N4O4/c1-13(2)26-19(30)20(31)28-25-11-14-6-5-7-15(10-14)32-12-18(29)27-17-9-4-3-8-16(17)21(22,23)24/h3-11,13H,12H2,1-2H3,(H,26,30)(H,27,29)(H,28,31)/b25-11-. The molecule has 0 saturated carbocycles. The Labute approximate surface area is 181 Å². The van der Waals surface area contributed by atoms with E-state index in [4.69, 9.17) is 4.74 Å². The van der Waals surface area contributed by atoms with E-state index in [0.717, 1.165) is 12.1 Å². The van der Waals surface area contributed by atoms with Crippen LogP contribution in [-0.2, 0) is 20.6 Å². The van der Waals surface area contributed by atoms with Crippen LogP contribution < -0.4 is 20.8 Å². The molecule has 3 amide bonds. The third-order valence-corrected chi connectivity index (χ3v) is 3.74. The normalized spacial score (nSPS) is 11.3. The molecular formula is C21H21F3N4O4. The Bertz CT molecular complexity index is 1010. The number of rotatable bonds is 7. The molecule has 2 aromatic rings. The average molecular weight is 450 g/mol. The fourth-order valence-electron chi connectivity index (χ4n) is 2.40. The molecule has 170 valence electrons. The maximum absolute atomic E-state index is 13.0. The van der Waals surface area contributed by atoms with Crippen molar-refractivity contribution < 1.29 is 32.3 Å². The van der Waals surface area contributed by atoms with Crippen molar-refractivity contribution in [3.8, 4) is 5.75 Å². The number of amides is 3. The summed E-state index contributed by atoms with van der Waals surface area (Å²) in [6.45, 7) is 2.88. The minimum absolute atomic E-state index is 0.204. The predicted molar refractivity (Wildman–Crippen MR) is 111 cm³/mol. The van der Waals surface area contributed by atoms with Gasteiger partial charge in [-0.3, -0.25) is 14.4 Å². The van der Waals surface area contributed by atoms with Gasteiger partial charge in [-0.25, -0.2) is 5.43 Å². The summed E-state index contributed by atoms with van der Waals surface area (Å²) in [5, 5.41) is 8.26. The number of nitrogens with one attached hydrogen (secondary N) is 3. The lowest BCUT2D eigenvalue weighted by molar-refractivity contribution is -0.139. The molecule has 0 aliphatic carbocycles. The number of halogens is 3. The van der Waals surface area contributed by atoms with Gasteiger partial charge >= 0.3 is 18.0 Å². The number of hydrogen-bond donors (Lipinski definition) is 3.